The van der Waals surface area contributed by atoms with Crippen LogP contribution in [0.3, 0.4) is 0 Å². The topological polar surface area (TPSA) is 44.8 Å². The van der Waals surface area contributed by atoms with Crippen molar-refractivity contribution in [1.29, 1.82) is 0 Å². The minimum Gasteiger partial charge on any atom is -0.444 e. The van der Waals surface area contributed by atoms with Gasteiger partial charge in [-0.15, -0.1) is 0 Å². The summed E-state index contributed by atoms with van der Waals surface area (Å²) in [6.45, 7) is 12.5. The summed E-state index contributed by atoms with van der Waals surface area (Å²) in [6, 6.07) is 0.626. The van der Waals surface area contributed by atoms with E-state index in [4.69, 9.17) is 4.74 Å². The third kappa shape index (κ3) is 7.99. The first-order valence-corrected chi connectivity index (χ1v) is 8.71. The second-order valence-corrected chi connectivity index (χ2v) is 7.30. The number of nitrogens with one attached hydrogen (secondary N) is 1. The third-order valence-corrected chi connectivity index (χ3v) is 4.02. The summed E-state index contributed by atoms with van der Waals surface area (Å²) in [6.07, 6.45) is 4.52. The van der Waals surface area contributed by atoms with Crippen LogP contribution in [0.25, 0.3) is 0 Å². The molecule has 0 aliphatic carbocycles. The first kappa shape index (κ1) is 19.2. The Kier molecular flexibility index (Phi) is 8.18. The standard InChI is InChI=1S/C17H35N3O2/c1-6-20(16(21)22-17(2,3)4)13-8-11-18-15-9-7-12-19(5)14-10-15/h15,18H,6-14H2,1-5H3. The normalized spacial score (nSPS) is 20.5. The number of carbonyl (C=O) groups is 1. The Bertz CT molecular complexity index is 328. The highest BCUT2D eigenvalue weighted by atomic mass is 16.6. The van der Waals surface area contributed by atoms with Crippen LogP contribution in [0, 0.1) is 0 Å². The van der Waals surface area contributed by atoms with Crippen LogP contribution in [-0.2, 0) is 4.74 Å². The van der Waals surface area contributed by atoms with Gasteiger partial charge >= 0.3 is 6.09 Å². The molecular formula is C17H35N3O2. The van der Waals surface area contributed by atoms with Crippen molar-refractivity contribution in [3.05, 3.63) is 0 Å². The minimum atomic E-state index is -0.422. The summed E-state index contributed by atoms with van der Waals surface area (Å²) in [7, 11) is 2.20. The van der Waals surface area contributed by atoms with Crippen molar-refractivity contribution in [2.75, 3.05) is 39.8 Å². The average Bonchev–Trinajstić information content (AvgIpc) is 2.61. The summed E-state index contributed by atoms with van der Waals surface area (Å²) in [5.74, 6) is 0. The lowest BCUT2D eigenvalue weighted by molar-refractivity contribution is 0.0258. The van der Waals surface area contributed by atoms with Gasteiger partial charge in [-0.05, 0) is 80.1 Å². The Morgan fingerprint density at radius 2 is 2.05 bits per heavy atom. The lowest BCUT2D eigenvalue weighted by atomic mass is 10.1. The fourth-order valence-corrected chi connectivity index (χ4v) is 2.73. The second-order valence-electron chi connectivity index (χ2n) is 7.30. The molecule has 1 saturated heterocycles. The number of hydrogen-bond acceptors (Lipinski definition) is 4. The predicted octanol–water partition coefficient (Wildman–Crippen LogP) is 2.71. The Morgan fingerprint density at radius 1 is 1.32 bits per heavy atom. The van der Waals surface area contributed by atoms with E-state index < -0.39 is 5.60 Å². The highest BCUT2D eigenvalue weighted by molar-refractivity contribution is 5.68. The van der Waals surface area contributed by atoms with Gasteiger partial charge in [0.05, 0.1) is 0 Å². The maximum atomic E-state index is 12.0. The van der Waals surface area contributed by atoms with E-state index in [1.165, 1.54) is 32.4 Å². The third-order valence-electron chi connectivity index (χ3n) is 4.02. The van der Waals surface area contributed by atoms with E-state index in [9.17, 15) is 4.79 Å². The molecule has 22 heavy (non-hydrogen) atoms. The van der Waals surface area contributed by atoms with E-state index in [0.29, 0.717) is 12.6 Å². The van der Waals surface area contributed by atoms with Gasteiger partial charge < -0.3 is 19.9 Å². The quantitative estimate of drug-likeness (QED) is 0.766. The number of hydrogen-bond donors (Lipinski definition) is 1. The van der Waals surface area contributed by atoms with Gasteiger partial charge in [-0.3, -0.25) is 0 Å². The molecule has 1 atom stereocenters. The van der Waals surface area contributed by atoms with E-state index in [1.807, 2.05) is 27.7 Å². The minimum absolute atomic E-state index is 0.203. The van der Waals surface area contributed by atoms with E-state index >= 15 is 0 Å². The summed E-state index contributed by atoms with van der Waals surface area (Å²) in [4.78, 5) is 16.2. The number of nitrogens with zero attached hydrogens (tertiary/aromatic N) is 2. The number of likely N-dealkylation sites (tertiary alicyclic amines) is 1. The maximum absolute atomic E-state index is 12.0. The first-order valence-electron chi connectivity index (χ1n) is 8.71. The molecule has 0 aromatic heterocycles. The molecule has 1 unspecified atom stereocenters. The molecule has 1 rings (SSSR count). The van der Waals surface area contributed by atoms with Crippen LogP contribution in [0.15, 0.2) is 0 Å². The fourth-order valence-electron chi connectivity index (χ4n) is 2.73. The summed E-state index contributed by atoms with van der Waals surface area (Å²) in [5.41, 5.74) is -0.422. The highest BCUT2D eigenvalue weighted by Crippen LogP contribution is 2.11. The molecule has 0 spiro atoms. The van der Waals surface area contributed by atoms with Gasteiger partial charge in [0.1, 0.15) is 5.60 Å². The Labute approximate surface area is 136 Å². The number of rotatable bonds is 6. The molecule has 1 amide bonds. The van der Waals surface area contributed by atoms with Gasteiger partial charge in [0.15, 0.2) is 0 Å². The molecule has 1 fully saturated rings. The van der Waals surface area contributed by atoms with Crippen molar-refractivity contribution in [2.45, 2.75) is 65.0 Å². The Morgan fingerprint density at radius 3 is 2.68 bits per heavy atom. The zero-order valence-corrected chi connectivity index (χ0v) is 15.2. The molecule has 0 aromatic carbocycles. The van der Waals surface area contributed by atoms with Crippen LogP contribution >= 0.6 is 0 Å². The smallest absolute Gasteiger partial charge is 0.410 e. The first-order chi connectivity index (χ1) is 10.3. The molecule has 130 valence electrons. The Hall–Kier alpha value is -0.810. The monoisotopic (exact) mass is 313 g/mol. The molecule has 5 heteroatoms. The van der Waals surface area contributed by atoms with Crippen molar-refractivity contribution in [1.82, 2.24) is 15.1 Å². The fraction of sp³-hybridized carbons (Fsp3) is 0.941. The summed E-state index contributed by atoms with van der Waals surface area (Å²) < 4.78 is 5.43. The molecule has 0 saturated carbocycles. The van der Waals surface area contributed by atoms with Crippen LogP contribution in [0.2, 0.25) is 0 Å². The number of carbonyl (C=O) groups excluding carboxylic acids is 1. The number of amides is 1. The second kappa shape index (κ2) is 9.36. The lowest BCUT2D eigenvalue weighted by Crippen LogP contribution is -2.39. The van der Waals surface area contributed by atoms with Crippen LogP contribution in [0.5, 0.6) is 0 Å². The van der Waals surface area contributed by atoms with Crippen molar-refractivity contribution in [3.63, 3.8) is 0 Å². The van der Waals surface area contributed by atoms with Gasteiger partial charge in [-0.1, -0.05) is 0 Å². The molecule has 1 N–H and O–H groups in total. The van der Waals surface area contributed by atoms with Crippen molar-refractivity contribution >= 4 is 6.09 Å². The van der Waals surface area contributed by atoms with Gasteiger partial charge in [-0.25, -0.2) is 4.79 Å². The largest absolute Gasteiger partial charge is 0.444 e. The van der Waals surface area contributed by atoms with Crippen LogP contribution in [-0.4, -0.2) is 67.3 Å². The molecule has 5 nitrogen and oxygen atoms in total. The molecule has 0 aromatic rings. The van der Waals surface area contributed by atoms with E-state index in [0.717, 1.165) is 19.5 Å². The van der Waals surface area contributed by atoms with Gasteiger partial charge in [0, 0.05) is 19.1 Å². The van der Waals surface area contributed by atoms with E-state index in [2.05, 4.69) is 17.3 Å². The zero-order valence-electron chi connectivity index (χ0n) is 15.2. The zero-order chi connectivity index (χ0) is 16.6. The maximum Gasteiger partial charge on any atom is 0.410 e. The van der Waals surface area contributed by atoms with Crippen molar-refractivity contribution < 1.29 is 9.53 Å². The molecule has 0 bridgehead atoms. The van der Waals surface area contributed by atoms with Gasteiger partial charge in [-0.2, -0.15) is 0 Å². The van der Waals surface area contributed by atoms with Gasteiger partial charge in [0.25, 0.3) is 0 Å². The molecule has 1 heterocycles. The molecule has 1 aliphatic rings. The van der Waals surface area contributed by atoms with Crippen molar-refractivity contribution in [2.24, 2.45) is 0 Å². The van der Waals surface area contributed by atoms with Crippen LogP contribution in [0.4, 0.5) is 4.79 Å². The summed E-state index contributed by atoms with van der Waals surface area (Å²) in [5, 5.41) is 3.64. The van der Waals surface area contributed by atoms with Crippen molar-refractivity contribution in [3.8, 4) is 0 Å². The number of ether oxygens (including phenoxy) is 1. The van der Waals surface area contributed by atoms with Gasteiger partial charge in [0.2, 0.25) is 0 Å². The summed E-state index contributed by atoms with van der Waals surface area (Å²) >= 11 is 0. The Balaban J connectivity index is 2.22. The SMILES string of the molecule is CCN(CCCNC1CCCN(C)CC1)C(=O)OC(C)(C)C. The molecule has 0 radical (unpaired) electrons. The lowest BCUT2D eigenvalue weighted by Gasteiger charge is -2.26. The van der Waals surface area contributed by atoms with E-state index in [-0.39, 0.29) is 6.09 Å². The molecular weight excluding hydrogens is 278 g/mol. The van der Waals surface area contributed by atoms with Crippen LogP contribution < -0.4 is 5.32 Å². The molecule has 1 aliphatic heterocycles. The van der Waals surface area contributed by atoms with E-state index in [1.54, 1.807) is 4.90 Å². The average molecular weight is 313 g/mol. The predicted molar refractivity (Wildman–Crippen MR) is 91.2 cm³/mol. The van der Waals surface area contributed by atoms with Crippen LogP contribution in [0.1, 0.15) is 53.4 Å². The highest BCUT2D eigenvalue weighted by Gasteiger charge is 2.21.